The minimum Gasteiger partial charge on any atom is -0.543 e. The van der Waals surface area contributed by atoms with Crippen molar-refractivity contribution in [3.63, 3.8) is 0 Å². The standard InChI is InChI=1S/C18H26O4Si/c1-11-12(2)14-10-21-17(20)15(14)16(13(11)8-9-19)22-23(6,7)18(3,4)5/h9H,8,10H2,1-7H3. The molecule has 0 radical (unpaired) electrons. The van der Waals surface area contributed by atoms with E-state index in [4.69, 9.17) is 9.16 Å². The predicted molar refractivity (Wildman–Crippen MR) is 92.6 cm³/mol. The van der Waals surface area contributed by atoms with E-state index in [1.54, 1.807) is 0 Å². The van der Waals surface area contributed by atoms with Crippen molar-refractivity contribution in [3.05, 3.63) is 27.8 Å². The van der Waals surface area contributed by atoms with Crippen LogP contribution in [-0.2, 0) is 22.6 Å². The number of hydrogen-bond donors (Lipinski definition) is 0. The monoisotopic (exact) mass is 334 g/mol. The summed E-state index contributed by atoms with van der Waals surface area (Å²) in [5, 5.41) is -0.000365. The average Bonchev–Trinajstić information content (AvgIpc) is 2.81. The molecule has 5 heteroatoms. The third kappa shape index (κ3) is 2.94. The van der Waals surface area contributed by atoms with Gasteiger partial charge in [0.25, 0.3) is 8.32 Å². The number of hydrogen-bond acceptors (Lipinski definition) is 4. The van der Waals surface area contributed by atoms with Gasteiger partial charge in [0.1, 0.15) is 24.2 Å². The molecule has 0 N–H and O–H groups in total. The average molecular weight is 334 g/mol. The molecule has 0 fully saturated rings. The Hall–Kier alpha value is -1.62. The largest absolute Gasteiger partial charge is 0.543 e. The van der Waals surface area contributed by atoms with E-state index in [9.17, 15) is 9.59 Å². The minimum atomic E-state index is -2.14. The van der Waals surface area contributed by atoms with E-state index in [0.717, 1.165) is 28.5 Å². The van der Waals surface area contributed by atoms with Crippen LogP contribution in [0.2, 0.25) is 18.1 Å². The third-order valence-electron chi connectivity index (χ3n) is 5.27. The maximum Gasteiger partial charge on any atom is 0.342 e. The molecule has 0 aromatic heterocycles. The van der Waals surface area contributed by atoms with Gasteiger partial charge in [-0.15, -0.1) is 0 Å². The zero-order chi connectivity index (χ0) is 17.6. The SMILES string of the molecule is Cc1c(C)c2c(c(O[Si](C)(C)C(C)(C)C)c1CC=O)C(=O)OC2. The zero-order valence-electron chi connectivity index (χ0n) is 15.1. The lowest BCUT2D eigenvalue weighted by Gasteiger charge is -2.37. The first-order valence-corrected chi connectivity index (χ1v) is 10.9. The van der Waals surface area contributed by atoms with Crippen LogP contribution in [0.1, 0.15) is 53.4 Å². The van der Waals surface area contributed by atoms with Gasteiger partial charge in [0, 0.05) is 17.5 Å². The van der Waals surface area contributed by atoms with Gasteiger partial charge < -0.3 is 14.0 Å². The summed E-state index contributed by atoms with van der Waals surface area (Å²) >= 11 is 0. The van der Waals surface area contributed by atoms with Crippen LogP contribution >= 0.6 is 0 Å². The van der Waals surface area contributed by atoms with E-state index in [1.165, 1.54) is 0 Å². The highest BCUT2D eigenvalue weighted by atomic mass is 28.4. The molecular formula is C18H26O4Si. The molecule has 4 nitrogen and oxygen atoms in total. The zero-order valence-corrected chi connectivity index (χ0v) is 16.1. The van der Waals surface area contributed by atoms with E-state index >= 15 is 0 Å². The first-order valence-electron chi connectivity index (χ1n) is 7.96. The van der Waals surface area contributed by atoms with E-state index < -0.39 is 8.32 Å². The van der Waals surface area contributed by atoms with Crippen molar-refractivity contribution < 1.29 is 18.8 Å². The molecule has 0 bridgehead atoms. The van der Waals surface area contributed by atoms with Crippen LogP contribution in [0.5, 0.6) is 5.75 Å². The first kappa shape index (κ1) is 17.7. The molecule has 0 spiro atoms. The molecule has 0 atom stereocenters. The van der Waals surface area contributed by atoms with E-state index in [-0.39, 0.29) is 24.0 Å². The number of carbonyl (C=O) groups is 2. The molecule has 1 aromatic carbocycles. The van der Waals surface area contributed by atoms with Crippen LogP contribution in [-0.4, -0.2) is 20.6 Å². The molecule has 23 heavy (non-hydrogen) atoms. The Labute approximate surface area is 139 Å². The highest BCUT2D eigenvalue weighted by Gasteiger charge is 2.42. The van der Waals surface area contributed by atoms with Gasteiger partial charge in [-0.1, -0.05) is 20.8 Å². The predicted octanol–water partition coefficient (Wildman–Crippen LogP) is 4.10. The summed E-state index contributed by atoms with van der Waals surface area (Å²) in [6.45, 7) is 15.0. The Kier molecular flexibility index (Phi) is 4.46. The van der Waals surface area contributed by atoms with Crippen LogP contribution in [0.15, 0.2) is 0 Å². The molecule has 0 unspecified atom stereocenters. The second-order valence-electron chi connectivity index (χ2n) is 7.72. The third-order valence-corrected chi connectivity index (χ3v) is 9.60. The number of rotatable bonds is 4. The van der Waals surface area contributed by atoms with Crippen LogP contribution < -0.4 is 4.43 Å². The fourth-order valence-electron chi connectivity index (χ4n) is 2.55. The van der Waals surface area contributed by atoms with Gasteiger partial charge in [-0.05, 0) is 43.1 Å². The van der Waals surface area contributed by atoms with Crippen molar-refractivity contribution in [2.24, 2.45) is 0 Å². The first-order chi connectivity index (χ1) is 10.5. The van der Waals surface area contributed by atoms with Gasteiger partial charge in [0.05, 0.1) is 0 Å². The number of carbonyl (C=O) groups excluding carboxylic acids is 2. The maximum atomic E-state index is 12.3. The summed E-state index contributed by atoms with van der Waals surface area (Å²) in [6, 6.07) is 0. The lowest BCUT2D eigenvalue weighted by atomic mass is 9.92. The highest BCUT2D eigenvalue weighted by Crippen LogP contribution is 2.43. The second-order valence-corrected chi connectivity index (χ2v) is 12.4. The topological polar surface area (TPSA) is 52.6 Å². The molecule has 0 saturated carbocycles. The summed E-state index contributed by atoms with van der Waals surface area (Å²) < 4.78 is 11.7. The van der Waals surface area contributed by atoms with Gasteiger partial charge in [-0.3, -0.25) is 0 Å². The maximum absolute atomic E-state index is 12.3. The number of fused-ring (bicyclic) bond motifs is 1. The Morgan fingerprint density at radius 2 is 1.83 bits per heavy atom. The van der Waals surface area contributed by atoms with Crippen molar-refractivity contribution in [1.82, 2.24) is 0 Å². The molecule has 1 heterocycles. The number of ether oxygens (including phenoxy) is 1. The molecular weight excluding hydrogens is 308 g/mol. The summed E-state index contributed by atoms with van der Waals surface area (Å²) in [4.78, 5) is 23.4. The van der Waals surface area contributed by atoms with Crippen LogP contribution in [0.4, 0.5) is 0 Å². The molecule has 0 amide bonds. The lowest BCUT2D eigenvalue weighted by molar-refractivity contribution is -0.107. The number of esters is 1. The summed E-state index contributed by atoms with van der Waals surface area (Å²) in [6.07, 6.45) is 1.12. The molecule has 1 aromatic rings. The van der Waals surface area contributed by atoms with E-state index in [0.29, 0.717) is 11.3 Å². The Bertz CT molecular complexity index is 669. The molecule has 1 aliphatic rings. The Morgan fingerprint density at radius 3 is 2.35 bits per heavy atom. The van der Waals surface area contributed by atoms with E-state index in [1.807, 2.05) is 13.8 Å². The van der Waals surface area contributed by atoms with Crippen molar-refractivity contribution in [2.45, 2.75) is 65.8 Å². The van der Waals surface area contributed by atoms with Crippen molar-refractivity contribution in [2.75, 3.05) is 0 Å². The molecule has 2 rings (SSSR count). The summed E-state index contributed by atoms with van der Waals surface area (Å²) in [5.74, 6) is 0.230. The highest BCUT2D eigenvalue weighted by molar-refractivity contribution is 6.74. The second kappa shape index (κ2) is 5.78. The number of aldehydes is 1. The van der Waals surface area contributed by atoms with Gasteiger partial charge in [0.2, 0.25) is 0 Å². The van der Waals surface area contributed by atoms with Crippen LogP contribution in [0.25, 0.3) is 0 Å². The van der Waals surface area contributed by atoms with Gasteiger partial charge in [0.15, 0.2) is 0 Å². The quantitative estimate of drug-likeness (QED) is 0.472. The number of cyclic esters (lactones) is 1. The smallest absolute Gasteiger partial charge is 0.342 e. The Morgan fingerprint density at radius 1 is 1.22 bits per heavy atom. The van der Waals surface area contributed by atoms with Crippen molar-refractivity contribution in [1.29, 1.82) is 0 Å². The Balaban J connectivity index is 2.71. The lowest BCUT2D eigenvalue weighted by Crippen LogP contribution is -2.44. The summed E-state index contributed by atoms with van der Waals surface area (Å²) in [7, 11) is -2.14. The number of benzene rings is 1. The van der Waals surface area contributed by atoms with Crippen LogP contribution in [0, 0.1) is 13.8 Å². The van der Waals surface area contributed by atoms with E-state index in [2.05, 4.69) is 33.9 Å². The fourth-order valence-corrected chi connectivity index (χ4v) is 3.60. The molecule has 1 aliphatic heterocycles. The van der Waals surface area contributed by atoms with Gasteiger partial charge >= 0.3 is 5.97 Å². The minimum absolute atomic E-state index is 0.000365. The molecule has 0 aliphatic carbocycles. The van der Waals surface area contributed by atoms with Crippen molar-refractivity contribution in [3.8, 4) is 5.75 Å². The van der Waals surface area contributed by atoms with Gasteiger partial charge in [-0.25, -0.2) is 4.79 Å². The molecule has 126 valence electrons. The normalized spacial score (nSPS) is 14.5. The summed E-state index contributed by atoms with van der Waals surface area (Å²) in [5.41, 5.74) is 4.28. The fraction of sp³-hybridized carbons (Fsp3) is 0.556. The van der Waals surface area contributed by atoms with Crippen molar-refractivity contribution >= 4 is 20.6 Å². The van der Waals surface area contributed by atoms with Crippen LogP contribution in [0.3, 0.4) is 0 Å². The molecule has 0 saturated heterocycles. The van der Waals surface area contributed by atoms with Gasteiger partial charge in [-0.2, -0.15) is 0 Å².